The van der Waals surface area contributed by atoms with Gasteiger partial charge < -0.3 is 15.4 Å². The maximum absolute atomic E-state index is 13.5. The Hall–Kier alpha value is -1.71. The van der Waals surface area contributed by atoms with Crippen LogP contribution in [0.2, 0.25) is 0 Å². The molecule has 3 atom stereocenters. The molecular formula is C24H34Cl2FN5O2. The number of fused-ring (bicyclic) bond motifs is 1. The van der Waals surface area contributed by atoms with E-state index in [0.29, 0.717) is 24.2 Å². The summed E-state index contributed by atoms with van der Waals surface area (Å²) in [7, 11) is 0. The Kier molecular flexibility index (Phi) is 9.34. The second kappa shape index (κ2) is 11.8. The fraction of sp³-hybridized carbons (Fsp3) is 0.583. The van der Waals surface area contributed by atoms with Crippen LogP contribution in [0.4, 0.5) is 4.39 Å². The summed E-state index contributed by atoms with van der Waals surface area (Å²) >= 11 is 0. The van der Waals surface area contributed by atoms with Crippen molar-refractivity contribution in [3.05, 3.63) is 48.0 Å². The van der Waals surface area contributed by atoms with E-state index in [4.69, 9.17) is 4.74 Å². The SMILES string of the molecule is Cl.Cl.O=C(NCc1cnn(-c2cccc(F)c2)c1)[C@@]12CC[C@H](N3CCOCC3)C[C@H]1CCNC2. The van der Waals surface area contributed by atoms with E-state index in [-0.39, 0.29) is 42.0 Å². The number of piperidine rings is 1. The van der Waals surface area contributed by atoms with Gasteiger partial charge in [0.05, 0.1) is 30.5 Å². The summed E-state index contributed by atoms with van der Waals surface area (Å²) in [4.78, 5) is 16.0. The van der Waals surface area contributed by atoms with Crippen molar-refractivity contribution in [3.8, 4) is 5.69 Å². The van der Waals surface area contributed by atoms with Crippen molar-refractivity contribution < 1.29 is 13.9 Å². The minimum absolute atomic E-state index is 0. The highest BCUT2D eigenvalue weighted by Gasteiger charge is 2.50. The summed E-state index contributed by atoms with van der Waals surface area (Å²) < 4.78 is 20.7. The number of rotatable bonds is 5. The number of nitrogens with one attached hydrogen (secondary N) is 2. The Morgan fingerprint density at radius 2 is 2.09 bits per heavy atom. The van der Waals surface area contributed by atoms with Crippen LogP contribution in [-0.2, 0) is 16.1 Å². The van der Waals surface area contributed by atoms with Crippen LogP contribution >= 0.6 is 24.8 Å². The molecule has 2 N–H and O–H groups in total. The highest BCUT2D eigenvalue weighted by atomic mass is 35.5. The molecule has 1 amide bonds. The predicted octanol–water partition coefficient (Wildman–Crippen LogP) is 2.95. The third-order valence-corrected chi connectivity index (χ3v) is 7.55. The van der Waals surface area contributed by atoms with Gasteiger partial charge >= 0.3 is 0 Å². The van der Waals surface area contributed by atoms with Crippen molar-refractivity contribution in [2.45, 2.75) is 38.3 Å². The topological polar surface area (TPSA) is 71.4 Å². The maximum Gasteiger partial charge on any atom is 0.228 e. The molecule has 5 rings (SSSR count). The summed E-state index contributed by atoms with van der Waals surface area (Å²) in [5.74, 6) is 0.254. The average Bonchev–Trinajstić information content (AvgIpc) is 3.32. The number of hydrogen-bond acceptors (Lipinski definition) is 5. The molecule has 1 aliphatic carbocycles. The lowest BCUT2D eigenvalue weighted by Crippen LogP contribution is -2.60. The number of morpholine rings is 1. The Morgan fingerprint density at radius 3 is 2.88 bits per heavy atom. The quantitative estimate of drug-likeness (QED) is 0.642. The Labute approximate surface area is 212 Å². The minimum Gasteiger partial charge on any atom is -0.379 e. The first-order valence-electron chi connectivity index (χ1n) is 11.7. The number of nitrogens with zero attached hydrogens (tertiary/aromatic N) is 3. The van der Waals surface area contributed by atoms with Gasteiger partial charge in [0.15, 0.2) is 0 Å². The van der Waals surface area contributed by atoms with Crippen LogP contribution in [0.5, 0.6) is 0 Å². The molecule has 3 aliphatic rings. The monoisotopic (exact) mass is 513 g/mol. The number of carbonyl (C=O) groups is 1. The maximum atomic E-state index is 13.5. The highest BCUT2D eigenvalue weighted by Crippen LogP contribution is 2.46. The first-order valence-corrected chi connectivity index (χ1v) is 11.7. The number of halogens is 3. The third kappa shape index (κ3) is 5.57. The van der Waals surface area contributed by atoms with Crippen molar-refractivity contribution in [1.82, 2.24) is 25.3 Å². The van der Waals surface area contributed by atoms with Crippen molar-refractivity contribution in [3.63, 3.8) is 0 Å². The molecular weight excluding hydrogens is 480 g/mol. The number of hydrogen-bond donors (Lipinski definition) is 2. The predicted molar refractivity (Wildman–Crippen MR) is 133 cm³/mol. The van der Waals surface area contributed by atoms with Crippen molar-refractivity contribution in [1.29, 1.82) is 0 Å². The average molecular weight is 514 g/mol. The van der Waals surface area contributed by atoms with E-state index >= 15 is 0 Å². The van der Waals surface area contributed by atoms with Gasteiger partial charge in [-0.05, 0) is 56.3 Å². The molecule has 1 saturated carbocycles. The van der Waals surface area contributed by atoms with Crippen LogP contribution in [0.1, 0.15) is 31.2 Å². The largest absolute Gasteiger partial charge is 0.379 e. The van der Waals surface area contributed by atoms with Gasteiger partial charge in [0, 0.05) is 44.0 Å². The Morgan fingerprint density at radius 1 is 1.26 bits per heavy atom. The highest BCUT2D eigenvalue weighted by molar-refractivity contribution is 5.85. The molecule has 0 bridgehead atoms. The molecule has 1 aromatic carbocycles. The van der Waals surface area contributed by atoms with E-state index < -0.39 is 0 Å². The molecule has 0 radical (unpaired) electrons. The summed E-state index contributed by atoms with van der Waals surface area (Å²) in [6, 6.07) is 6.89. The second-order valence-corrected chi connectivity index (χ2v) is 9.35. The number of benzene rings is 1. The molecule has 34 heavy (non-hydrogen) atoms. The van der Waals surface area contributed by atoms with Crippen molar-refractivity contribution in [2.24, 2.45) is 11.3 Å². The molecule has 7 nitrogen and oxygen atoms in total. The second-order valence-electron chi connectivity index (χ2n) is 9.35. The van der Waals surface area contributed by atoms with Gasteiger partial charge in [-0.3, -0.25) is 9.69 Å². The van der Waals surface area contributed by atoms with Gasteiger partial charge in [-0.15, -0.1) is 24.8 Å². The van der Waals surface area contributed by atoms with Crippen molar-refractivity contribution in [2.75, 3.05) is 39.4 Å². The van der Waals surface area contributed by atoms with E-state index in [1.54, 1.807) is 16.9 Å². The number of ether oxygens (including phenoxy) is 1. The normalized spacial score (nSPS) is 27.1. The zero-order valence-corrected chi connectivity index (χ0v) is 20.9. The lowest BCUT2D eigenvalue weighted by molar-refractivity contribution is -0.140. The minimum atomic E-state index is -0.334. The summed E-state index contributed by atoms with van der Waals surface area (Å²) in [6.45, 7) is 5.80. The van der Waals surface area contributed by atoms with Crippen LogP contribution in [0.3, 0.4) is 0 Å². The molecule has 2 aromatic rings. The van der Waals surface area contributed by atoms with Gasteiger partial charge in [-0.2, -0.15) is 5.10 Å². The summed E-state index contributed by atoms with van der Waals surface area (Å²) in [5.41, 5.74) is 1.24. The lowest BCUT2D eigenvalue weighted by atomic mass is 9.61. The van der Waals surface area contributed by atoms with Crippen LogP contribution in [0, 0.1) is 17.2 Å². The molecule has 188 valence electrons. The number of carbonyl (C=O) groups excluding carboxylic acids is 1. The third-order valence-electron chi connectivity index (χ3n) is 7.55. The first kappa shape index (κ1) is 26.9. The fourth-order valence-electron chi connectivity index (χ4n) is 5.74. The molecule has 0 unspecified atom stereocenters. The molecule has 3 fully saturated rings. The van der Waals surface area contributed by atoms with Crippen LogP contribution in [0.25, 0.3) is 5.69 Å². The smallest absolute Gasteiger partial charge is 0.228 e. The number of amides is 1. The fourth-order valence-corrected chi connectivity index (χ4v) is 5.74. The van der Waals surface area contributed by atoms with Crippen LogP contribution < -0.4 is 10.6 Å². The van der Waals surface area contributed by atoms with Crippen LogP contribution in [-0.4, -0.2) is 66.0 Å². The lowest BCUT2D eigenvalue weighted by Gasteiger charge is -2.50. The molecule has 10 heteroatoms. The molecule has 1 aromatic heterocycles. The first-order chi connectivity index (χ1) is 15.6. The van der Waals surface area contributed by atoms with E-state index in [2.05, 4.69) is 20.6 Å². The zero-order valence-electron chi connectivity index (χ0n) is 19.2. The summed E-state index contributed by atoms with van der Waals surface area (Å²) in [5, 5.41) is 11.0. The molecule has 0 spiro atoms. The van der Waals surface area contributed by atoms with Gasteiger partial charge in [-0.1, -0.05) is 6.07 Å². The van der Waals surface area contributed by atoms with E-state index in [9.17, 15) is 9.18 Å². The molecule has 2 saturated heterocycles. The molecule has 3 heterocycles. The zero-order chi connectivity index (χ0) is 22.0. The molecule has 2 aliphatic heterocycles. The van der Waals surface area contributed by atoms with Gasteiger partial charge in [0.2, 0.25) is 5.91 Å². The standard InChI is InChI=1S/C24H32FN5O2.2ClH/c25-20-2-1-3-22(13-20)30-16-18(15-28-30)14-27-23(31)24-6-4-21(29-8-10-32-11-9-29)12-19(24)5-7-26-17-24;;/h1-3,13,15-16,19,21,26H,4-12,14,17H2,(H,27,31);2*1H/t19-,21+,24-;;/m1../s1. The Balaban J connectivity index is 0.00000162. The summed E-state index contributed by atoms with van der Waals surface area (Å²) in [6.07, 6.45) is 7.69. The van der Waals surface area contributed by atoms with Gasteiger partial charge in [-0.25, -0.2) is 9.07 Å². The van der Waals surface area contributed by atoms with E-state index in [1.807, 2.05) is 12.3 Å². The van der Waals surface area contributed by atoms with E-state index in [1.165, 1.54) is 12.1 Å². The van der Waals surface area contributed by atoms with Gasteiger partial charge in [0.25, 0.3) is 0 Å². The van der Waals surface area contributed by atoms with Gasteiger partial charge in [0.1, 0.15) is 5.82 Å². The van der Waals surface area contributed by atoms with E-state index in [0.717, 1.165) is 70.6 Å². The Bertz CT molecular complexity index is 955. The van der Waals surface area contributed by atoms with Crippen LogP contribution in [0.15, 0.2) is 36.7 Å². The number of aromatic nitrogens is 2. The van der Waals surface area contributed by atoms with Crippen molar-refractivity contribution >= 4 is 30.7 Å².